The zero-order valence-corrected chi connectivity index (χ0v) is 17.0. The van der Waals surface area contributed by atoms with Crippen molar-refractivity contribution in [2.45, 2.75) is 25.9 Å². The molecule has 2 atom stereocenters. The van der Waals surface area contributed by atoms with E-state index in [2.05, 4.69) is 39.9 Å². The number of halogens is 1. The van der Waals surface area contributed by atoms with Crippen molar-refractivity contribution < 1.29 is 9.47 Å². The number of guanidine groups is 1. The number of ether oxygens (including phenoxy) is 2. The maximum Gasteiger partial charge on any atom is 0.190 e. The van der Waals surface area contributed by atoms with Gasteiger partial charge in [-0.25, -0.2) is 0 Å². The molecule has 2 rings (SSSR count). The second-order valence-electron chi connectivity index (χ2n) is 5.68. The van der Waals surface area contributed by atoms with Gasteiger partial charge in [0.2, 0.25) is 0 Å². The van der Waals surface area contributed by atoms with Crippen LogP contribution in [-0.2, 0) is 9.47 Å². The molecule has 0 aliphatic carbocycles. The largest absolute Gasteiger partial charge is 0.382 e. The van der Waals surface area contributed by atoms with Gasteiger partial charge in [0, 0.05) is 45.9 Å². The van der Waals surface area contributed by atoms with Crippen LogP contribution in [0.5, 0.6) is 0 Å². The summed E-state index contributed by atoms with van der Waals surface area (Å²) in [6, 6.07) is 10.5. The minimum absolute atomic E-state index is 0. The van der Waals surface area contributed by atoms with Gasteiger partial charge in [-0.05, 0) is 25.3 Å². The quantitative estimate of drug-likeness (QED) is 0.279. The van der Waals surface area contributed by atoms with Gasteiger partial charge >= 0.3 is 0 Å². The molecule has 0 radical (unpaired) electrons. The Hall–Kier alpha value is -0.860. The molecular weight excluding hydrogens is 417 g/mol. The third-order valence-corrected chi connectivity index (χ3v) is 4.06. The predicted octanol–water partition coefficient (Wildman–Crippen LogP) is 2.97. The van der Waals surface area contributed by atoms with E-state index < -0.39 is 0 Å². The van der Waals surface area contributed by atoms with Gasteiger partial charge in [0.1, 0.15) is 0 Å². The highest BCUT2D eigenvalue weighted by molar-refractivity contribution is 14.0. The Morgan fingerprint density at radius 3 is 2.79 bits per heavy atom. The summed E-state index contributed by atoms with van der Waals surface area (Å²) in [6.07, 6.45) is 2.24. The number of hydrogen-bond acceptors (Lipinski definition) is 3. The van der Waals surface area contributed by atoms with E-state index in [1.165, 1.54) is 5.56 Å². The maximum atomic E-state index is 5.93. The summed E-state index contributed by atoms with van der Waals surface area (Å²) in [4.78, 5) is 4.28. The van der Waals surface area contributed by atoms with Gasteiger partial charge in [0.05, 0.1) is 6.10 Å². The van der Waals surface area contributed by atoms with E-state index in [0.29, 0.717) is 5.92 Å². The summed E-state index contributed by atoms with van der Waals surface area (Å²) >= 11 is 0. The van der Waals surface area contributed by atoms with Crippen LogP contribution >= 0.6 is 24.0 Å². The SMILES string of the molecule is CCOCCCNC(=NC)NCC1CCOC1c1ccccc1.I. The van der Waals surface area contributed by atoms with Crippen LogP contribution < -0.4 is 10.6 Å². The van der Waals surface area contributed by atoms with Gasteiger partial charge in [-0.3, -0.25) is 4.99 Å². The highest BCUT2D eigenvalue weighted by Gasteiger charge is 2.29. The first-order valence-corrected chi connectivity index (χ1v) is 8.54. The summed E-state index contributed by atoms with van der Waals surface area (Å²) in [7, 11) is 1.80. The van der Waals surface area contributed by atoms with Crippen LogP contribution in [0.4, 0.5) is 0 Å². The highest BCUT2D eigenvalue weighted by atomic mass is 127. The maximum absolute atomic E-state index is 5.93. The van der Waals surface area contributed by atoms with Gasteiger partial charge < -0.3 is 20.1 Å². The highest BCUT2D eigenvalue weighted by Crippen LogP contribution is 2.33. The molecule has 2 N–H and O–H groups in total. The number of benzene rings is 1. The zero-order chi connectivity index (χ0) is 16.3. The third-order valence-electron chi connectivity index (χ3n) is 4.06. The molecular formula is C18H30IN3O2. The molecule has 1 aromatic rings. The van der Waals surface area contributed by atoms with Crippen molar-refractivity contribution in [3.05, 3.63) is 35.9 Å². The van der Waals surface area contributed by atoms with Gasteiger partial charge in [-0.1, -0.05) is 30.3 Å². The molecule has 1 aliphatic rings. The smallest absolute Gasteiger partial charge is 0.190 e. The summed E-state index contributed by atoms with van der Waals surface area (Å²) < 4.78 is 11.3. The number of nitrogens with zero attached hydrogens (tertiary/aromatic N) is 1. The fourth-order valence-corrected chi connectivity index (χ4v) is 2.83. The molecule has 136 valence electrons. The first kappa shape index (κ1) is 21.2. The minimum Gasteiger partial charge on any atom is -0.382 e. The average molecular weight is 447 g/mol. The Kier molecular flexibility index (Phi) is 11.0. The van der Waals surface area contributed by atoms with Crippen LogP contribution in [0.25, 0.3) is 0 Å². The molecule has 5 nitrogen and oxygen atoms in total. The standard InChI is InChI=1S/C18H29N3O2.HI/c1-3-22-12-7-11-20-18(19-2)21-14-16-10-13-23-17(16)15-8-5-4-6-9-15;/h4-6,8-9,16-17H,3,7,10-14H2,1-2H3,(H2,19,20,21);1H. The lowest BCUT2D eigenvalue weighted by atomic mass is 9.95. The topological polar surface area (TPSA) is 54.9 Å². The molecule has 0 aromatic heterocycles. The predicted molar refractivity (Wildman–Crippen MR) is 109 cm³/mol. The van der Waals surface area contributed by atoms with Crippen molar-refractivity contribution in [3.8, 4) is 0 Å². The Labute approximate surface area is 162 Å². The van der Waals surface area contributed by atoms with Crippen molar-refractivity contribution in [1.29, 1.82) is 0 Å². The fraction of sp³-hybridized carbons (Fsp3) is 0.611. The Morgan fingerprint density at radius 2 is 2.08 bits per heavy atom. The molecule has 1 aliphatic heterocycles. The number of hydrogen-bond donors (Lipinski definition) is 2. The van der Waals surface area contributed by atoms with Gasteiger partial charge in [-0.15, -0.1) is 24.0 Å². The van der Waals surface area contributed by atoms with Gasteiger partial charge in [0.15, 0.2) is 5.96 Å². The van der Waals surface area contributed by atoms with E-state index >= 15 is 0 Å². The Balaban J connectivity index is 0.00000288. The zero-order valence-electron chi connectivity index (χ0n) is 14.7. The van der Waals surface area contributed by atoms with Crippen LogP contribution in [0.1, 0.15) is 31.4 Å². The van der Waals surface area contributed by atoms with Gasteiger partial charge in [-0.2, -0.15) is 0 Å². The van der Waals surface area contributed by atoms with E-state index in [1.54, 1.807) is 7.05 Å². The minimum atomic E-state index is 0. The molecule has 0 spiro atoms. The van der Waals surface area contributed by atoms with E-state index in [0.717, 1.165) is 51.7 Å². The first-order chi connectivity index (χ1) is 11.3. The van der Waals surface area contributed by atoms with Crippen LogP contribution in [0.3, 0.4) is 0 Å². The molecule has 1 saturated heterocycles. The summed E-state index contributed by atoms with van der Waals surface area (Å²) in [5, 5.41) is 6.75. The van der Waals surface area contributed by atoms with Gasteiger partial charge in [0.25, 0.3) is 0 Å². The fourth-order valence-electron chi connectivity index (χ4n) is 2.83. The molecule has 0 bridgehead atoms. The summed E-state index contributed by atoms with van der Waals surface area (Å²) in [5.41, 5.74) is 1.26. The first-order valence-electron chi connectivity index (χ1n) is 8.54. The van der Waals surface area contributed by atoms with Crippen molar-refractivity contribution in [3.63, 3.8) is 0 Å². The van der Waals surface area contributed by atoms with Crippen molar-refractivity contribution in [2.75, 3.05) is 40.0 Å². The second-order valence-corrected chi connectivity index (χ2v) is 5.68. The van der Waals surface area contributed by atoms with Crippen LogP contribution in [-0.4, -0.2) is 45.9 Å². The molecule has 1 aromatic carbocycles. The molecule has 6 heteroatoms. The van der Waals surface area contributed by atoms with Crippen molar-refractivity contribution in [1.82, 2.24) is 10.6 Å². The second kappa shape index (κ2) is 12.5. The van der Waals surface area contributed by atoms with Crippen LogP contribution in [0, 0.1) is 5.92 Å². The van der Waals surface area contributed by atoms with Crippen molar-refractivity contribution >= 4 is 29.9 Å². The van der Waals surface area contributed by atoms with Crippen LogP contribution in [0.15, 0.2) is 35.3 Å². The third kappa shape index (κ3) is 6.94. The normalized spacial score (nSPS) is 20.5. The molecule has 2 unspecified atom stereocenters. The van der Waals surface area contributed by atoms with E-state index in [4.69, 9.17) is 9.47 Å². The summed E-state index contributed by atoms with van der Waals surface area (Å²) in [6.45, 7) is 6.13. The lowest BCUT2D eigenvalue weighted by Gasteiger charge is -2.20. The summed E-state index contributed by atoms with van der Waals surface area (Å²) in [5.74, 6) is 1.32. The van der Waals surface area contributed by atoms with Crippen molar-refractivity contribution in [2.24, 2.45) is 10.9 Å². The van der Waals surface area contributed by atoms with E-state index in [9.17, 15) is 0 Å². The number of nitrogens with one attached hydrogen (secondary N) is 2. The molecule has 1 fully saturated rings. The molecule has 1 heterocycles. The van der Waals surface area contributed by atoms with E-state index in [1.807, 2.05) is 13.0 Å². The Bertz CT molecular complexity index is 471. The average Bonchev–Trinajstić information content (AvgIpc) is 3.07. The monoisotopic (exact) mass is 447 g/mol. The van der Waals surface area contributed by atoms with E-state index in [-0.39, 0.29) is 30.1 Å². The Morgan fingerprint density at radius 1 is 1.29 bits per heavy atom. The number of rotatable bonds is 8. The lowest BCUT2D eigenvalue weighted by molar-refractivity contribution is 0.0915. The lowest BCUT2D eigenvalue weighted by Crippen LogP contribution is -2.40. The molecule has 0 amide bonds. The van der Waals surface area contributed by atoms with Crippen LogP contribution in [0.2, 0.25) is 0 Å². The molecule has 0 saturated carbocycles. The number of aliphatic imine (C=N–C) groups is 1. The molecule has 24 heavy (non-hydrogen) atoms.